The Balaban J connectivity index is 3.73. The lowest BCUT2D eigenvalue weighted by molar-refractivity contribution is -0.140. The summed E-state index contributed by atoms with van der Waals surface area (Å²) < 4.78 is 4.50. The number of carbonyl (C=O) groups excluding carboxylic acids is 1. The van der Waals surface area contributed by atoms with Gasteiger partial charge in [0.25, 0.3) is 0 Å². The molecule has 0 aliphatic carbocycles. The van der Waals surface area contributed by atoms with Gasteiger partial charge in [-0.3, -0.25) is 4.79 Å². The van der Waals surface area contributed by atoms with Gasteiger partial charge in [-0.15, -0.1) is 12.2 Å². The number of esters is 1. The quantitative estimate of drug-likeness (QED) is 0.326. The predicted octanol–water partition coefficient (Wildman–Crippen LogP) is 1.43. The molecule has 0 aliphatic heterocycles. The highest BCUT2D eigenvalue weighted by molar-refractivity contribution is 5.68. The van der Waals surface area contributed by atoms with E-state index < -0.39 is 6.10 Å². The van der Waals surface area contributed by atoms with Crippen LogP contribution in [0.25, 0.3) is 0 Å². The largest absolute Gasteiger partial charge is 0.469 e. The molecule has 0 saturated heterocycles. The average molecular weight is 232 g/mol. The van der Waals surface area contributed by atoms with Crippen LogP contribution in [0.5, 0.6) is 0 Å². The summed E-state index contributed by atoms with van der Waals surface area (Å²) in [5.41, 5.74) is 2.72. The van der Waals surface area contributed by atoms with Crippen LogP contribution in [0.2, 0.25) is 0 Å². The molecule has 0 saturated carbocycles. The monoisotopic (exact) mass is 232 g/mol. The van der Waals surface area contributed by atoms with Gasteiger partial charge in [-0.2, -0.15) is 0 Å². The highest BCUT2D eigenvalue weighted by Gasteiger charge is 2.02. The highest BCUT2D eigenvalue weighted by Crippen LogP contribution is 2.04. The van der Waals surface area contributed by atoms with Crippen LogP contribution in [0.15, 0.2) is 17.9 Å². The van der Waals surface area contributed by atoms with Crippen LogP contribution in [0.1, 0.15) is 25.7 Å². The zero-order chi connectivity index (χ0) is 12.9. The molecule has 17 heavy (non-hydrogen) atoms. The number of ether oxygens (including phenoxy) is 1. The highest BCUT2D eigenvalue weighted by atomic mass is 16.5. The van der Waals surface area contributed by atoms with Crippen molar-refractivity contribution < 1.29 is 14.6 Å². The summed E-state index contributed by atoms with van der Waals surface area (Å²) in [6.45, 7) is 0. The summed E-state index contributed by atoms with van der Waals surface area (Å²) >= 11 is 0. The van der Waals surface area contributed by atoms with E-state index in [9.17, 15) is 9.90 Å². The first kappa shape index (κ1) is 15.1. The fourth-order valence-electron chi connectivity index (χ4n) is 1.09. The molecule has 0 aromatic carbocycles. The Kier molecular flexibility index (Phi) is 9.38. The minimum Gasteiger partial charge on any atom is -0.469 e. The lowest BCUT2D eigenvalue weighted by atomic mass is 10.1. The van der Waals surface area contributed by atoms with Crippen molar-refractivity contribution in [2.24, 2.45) is 0 Å². The third-order valence-corrected chi connectivity index (χ3v) is 1.95. The average Bonchev–Trinajstić information content (AvgIpc) is 2.34. The first-order chi connectivity index (χ1) is 8.20. The predicted molar refractivity (Wildman–Crippen MR) is 65.8 cm³/mol. The first-order valence-corrected chi connectivity index (χ1v) is 5.32. The van der Waals surface area contributed by atoms with Crippen LogP contribution >= 0.6 is 0 Å². The van der Waals surface area contributed by atoms with Gasteiger partial charge in [0, 0.05) is 12.5 Å². The normalized spacial score (nSPS) is 9.94. The lowest BCUT2D eigenvalue weighted by Gasteiger charge is -2.03. The SMILES string of the molecule is C#CC#CC=C=C[C@H](O)CCCCC(=O)OC. The molecule has 0 heterocycles. The van der Waals surface area contributed by atoms with Crippen molar-refractivity contribution in [3.63, 3.8) is 0 Å². The zero-order valence-corrected chi connectivity index (χ0v) is 9.90. The van der Waals surface area contributed by atoms with Crippen molar-refractivity contribution in [2.45, 2.75) is 31.8 Å². The third-order valence-electron chi connectivity index (χ3n) is 1.95. The van der Waals surface area contributed by atoms with Crippen molar-refractivity contribution in [3.8, 4) is 24.2 Å². The first-order valence-electron chi connectivity index (χ1n) is 5.32. The van der Waals surface area contributed by atoms with Gasteiger partial charge >= 0.3 is 5.97 Å². The molecule has 0 spiro atoms. The molecule has 0 bridgehead atoms. The van der Waals surface area contributed by atoms with Crippen molar-refractivity contribution in [3.05, 3.63) is 17.9 Å². The smallest absolute Gasteiger partial charge is 0.305 e. The van der Waals surface area contributed by atoms with Crippen LogP contribution in [-0.2, 0) is 9.53 Å². The van der Waals surface area contributed by atoms with Gasteiger partial charge in [0.2, 0.25) is 0 Å². The van der Waals surface area contributed by atoms with E-state index in [0.717, 1.165) is 6.42 Å². The van der Waals surface area contributed by atoms with Gasteiger partial charge in [-0.1, -0.05) is 5.92 Å². The summed E-state index contributed by atoms with van der Waals surface area (Å²) in [4.78, 5) is 10.8. The Hall–Kier alpha value is -1.93. The molecule has 0 amide bonds. The van der Waals surface area contributed by atoms with E-state index in [0.29, 0.717) is 19.3 Å². The van der Waals surface area contributed by atoms with E-state index in [2.05, 4.69) is 28.2 Å². The lowest BCUT2D eigenvalue weighted by Crippen LogP contribution is -2.03. The van der Waals surface area contributed by atoms with Gasteiger partial charge in [0.1, 0.15) is 0 Å². The number of aliphatic hydroxyl groups excluding tert-OH is 1. The number of rotatable bonds is 6. The molecule has 0 rings (SSSR count). The van der Waals surface area contributed by atoms with Gasteiger partial charge in [0.15, 0.2) is 0 Å². The number of hydrogen-bond donors (Lipinski definition) is 1. The molecule has 0 aromatic rings. The molecule has 0 unspecified atom stereocenters. The van der Waals surface area contributed by atoms with Crippen LogP contribution in [-0.4, -0.2) is 24.3 Å². The number of methoxy groups -OCH3 is 1. The minimum atomic E-state index is -0.573. The third kappa shape index (κ3) is 10.4. The second-order valence-electron chi connectivity index (χ2n) is 3.28. The van der Waals surface area contributed by atoms with Crippen molar-refractivity contribution >= 4 is 5.97 Å². The molecular formula is C14H16O3. The van der Waals surface area contributed by atoms with E-state index in [1.165, 1.54) is 19.3 Å². The summed E-state index contributed by atoms with van der Waals surface area (Å²) in [6.07, 6.45) is 9.75. The van der Waals surface area contributed by atoms with Gasteiger partial charge in [-0.05, 0) is 37.2 Å². The molecule has 1 atom stereocenters. The molecule has 3 nitrogen and oxygen atoms in total. The Morgan fingerprint density at radius 2 is 2.29 bits per heavy atom. The number of hydrogen-bond acceptors (Lipinski definition) is 3. The zero-order valence-electron chi connectivity index (χ0n) is 9.90. The van der Waals surface area contributed by atoms with Crippen LogP contribution in [0.3, 0.4) is 0 Å². The van der Waals surface area contributed by atoms with E-state index in [4.69, 9.17) is 6.42 Å². The fraction of sp³-hybridized carbons (Fsp3) is 0.429. The van der Waals surface area contributed by atoms with E-state index in [1.54, 1.807) is 0 Å². The second kappa shape index (κ2) is 10.6. The van der Waals surface area contributed by atoms with E-state index in [1.807, 2.05) is 0 Å². The molecule has 0 fully saturated rings. The summed E-state index contributed by atoms with van der Waals surface area (Å²) in [6, 6.07) is 0. The molecule has 0 aromatic heterocycles. The molecule has 0 radical (unpaired) electrons. The molecule has 1 N–H and O–H groups in total. The van der Waals surface area contributed by atoms with Gasteiger partial charge in [-0.25, -0.2) is 0 Å². The van der Waals surface area contributed by atoms with Crippen molar-refractivity contribution in [2.75, 3.05) is 7.11 Å². The van der Waals surface area contributed by atoms with Crippen molar-refractivity contribution in [1.82, 2.24) is 0 Å². The Morgan fingerprint density at radius 3 is 2.94 bits per heavy atom. The molecule has 3 heteroatoms. The van der Waals surface area contributed by atoms with E-state index >= 15 is 0 Å². The Bertz CT molecular complexity index is 384. The van der Waals surface area contributed by atoms with Gasteiger partial charge in [0.05, 0.1) is 13.2 Å². The molecule has 90 valence electrons. The van der Waals surface area contributed by atoms with Crippen LogP contribution in [0.4, 0.5) is 0 Å². The van der Waals surface area contributed by atoms with Crippen LogP contribution in [0, 0.1) is 24.2 Å². The van der Waals surface area contributed by atoms with E-state index in [-0.39, 0.29) is 5.97 Å². The van der Waals surface area contributed by atoms with Crippen molar-refractivity contribution in [1.29, 1.82) is 0 Å². The number of aliphatic hydroxyl groups is 1. The number of carbonyl (C=O) groups is 1. The maximum atomic E-state index is 10.8. The summed E-state index contributed by atoms with van der Waals surface area (Å²) in [5.74, 6) is 6.89. The van der Waals surface area contributed by atoms with Gasteiger partial charge < -0.3 is 9.84 Å². The maximum Gasteiger partial charge on any atom is 0.305 e. The second-order valence-corrected chi connectivity index (χ2v) is 3.28. The van der Waals surface area contributed by atoms with Crippen LogP contribution < -0.4 is 0 Å². The Morgan fingerprint density at radius 1 is 1.53 bits per heavy atom. The maximum absolute atomic E-state index is 10.8. The topological polar surface area (TPSA) is 46.5 Å². The standard InChI is InChI=1S/C14H16O3/c1-3-4-5-6-7-10-13(15)11-8-9-12-14(16)17-2/h1,6,10,13,15H,8-9,11-12H2,2H3/t7?,13-/m0/s1. The molecular weight excluding hydrogens is 216 g/mol. The summed E-state index contributed by atoms with van der Waals surface area (Å²) in [5, 5.41) is 9.49. The number of unbranched alkanes of at least 4 members (excludes halogenated alkanes) is 1. The Labute approximate surface area is 102 Å². The minimum absolute atomic E-state index is 0.223. The number of terminal acetylenes is 1. The molecule has 0 aliphatic rings. The fourth-order valence-corrected chi connectivity index (χ4v) is 1.09. The summed E-state index contributed by atoms with van der Waals surface area (Å²) in [7, 11) is 1.36.